The lowest BCUT2D eigenvalue weighted by atomic mass is 10.1. The molecule has 0 unspecified atom stereocenters. The highest BCUT2D eigenvalue weighted by molar-refractivity contribution is 7.17. The van der Waals surface area contributed by atoms with Gasteiger partial charge in [-0.3, -0.25) is 9.78 Å². The van der Waals surface area contributed by atoms with Crippen LogP contribution in [0.2, 0.25) is 0 Å². The maximum Gasteiger partial charge on any atom is 0.274 e. The number of aromatic nitrogens is 3. The number of nitrogens with zero attached hydrogens (tertiary/aromatic N) is 4. The molecule has 150 valence electrons. The molecule has 0 saturated carbocycles. The molecule has 0 radical (unpaired) electrons. The van der Waals surface area contributed by atoms with Crippen LogP contribution in [0.3, 0.4) is 0 Å². The molecule has 5 rings (SSSR count). The van der Waals surface area contributed by atoms with E-state index in [9.17, 15) is 4.79 Å². The number of hydrogen-bond acceptors (Lipinski definition) is 7. The normalized spacial score (nSPS) is 14.1. The van der Waals surface area contributed by atoms with Crippen molar-refractivity contribution in [2.45, 2.75) is 0 Å². The Hall–Kier alpha value is -3.36. The van der Waals surface area contributed by atoms with Crippen molar-refractivity contribution < 1.29 is 4.79 Å². The smallest absolute Gasteiger partial charge is 0.274 e. The zero-order valence-electron chi connectivity index (χ0n) is 16.2. The predicted octanol–water partition coefficient (Wildman–Crippen LogP) is 3.42. The van der Waals surface area contributed by atoms with Crippen LogP contribution in [0.5, 0.6) is 0 Å². The molecule has 8 heteroatoms. The fourth-order valence-electron chi connectivity index (χ4n) is 3.62. The number of pyridine rings is 1. The average molecular weight is 417 g/mol. The first-order chi connectivity index (χ1) is 14.8. The SMILES string of the molecule is O=C(Nc1cnccc1N1CCNCC1)c1ccnc(-c2csc3ccccc23)n1. The fraction of sp³-hybridized carbons (Fsp3) is 0.182. The lowest BCUT2D eigenvalue weighted by molar-refractivity contribution is 0.102. The number of carbonyl (C=O) groups is 1. The summed E-state index contributed by atoms with van der Waals surface area (Å²) < 4.78 is 1.17. The van der Waals surface area contributed by atoms with Gasteiger partial charge in [0, 0.05) is 59.6 Å². The van der Waals surface area contributed by atoms with E-state index < -0.39 is 0 Å². The number of carbonyl (C=O) groups excluding carboxylic acids is 1. The average Bonchev–Trinajstić information content (AvgIpc) is 3.24. The molecule has 30 heavy (non-hydrogen) atoms. The Morgan fingerprint density at radius 3 is 2.87 bits per heavy atom. The number of benzene rings is 1. The molecule has 0 spiro atoms. The highest BCUT2D eigenvalue weighted by Gasteiger charge is 2.18. The molecular weight excluding hydrogens is 396 g/mol. The molecule has 0 bridgehead atoms. The van der Waals surface area contributed by atoms with Gasteiger partial charge in [-0.15, -0.1) is 11.3 Å². The van der Waals surface area contributed by atoms with E-state index in [4.69, 9.17) is 0 Å². The van der Waals surface area contributed by atoms with Crippen molar-refractivity contribution in [2.24, 2.45) is 0 Å². The lowest BCUT2D eigenvalue weighted by Crippen LogP contribution is -2.43. The Morgan fingerprint density at radius 2 is 1.97 bits per heavy atom. The van der Waals surface area contributed by atoms with Gasteiger partial charge in [0.15, 0.2) is 5.82 Å². The van der Waals surface area contributed by atoms with E-state index in [0.717, 1.165) is 42.8 Å². The van der Waals surface area contributed by atoms with Crippen LogP contribution in [0.1, 0.15) is 10.5 Å². The zero-order valence-corrected chi connectivity index (χ0v) is 17.0. The number of nitrogens with one attached hydrogen (secondary N) is 2. The molecule has 4 heterocycles. The molecular formula is C22H20N6OS. The van der Waals surface area contributed by atoms with Crippen molar-refractivity contribution in [3.05, 3.63) is 66.1 Å². The van der Waals surface area contributed by atoms with Gasteiger partial charge in [0.05, 0.1) is 17.6 Å². The van der Waals surface area contributed by atoms with Gasteiger partial charge in [0.1, 0.15) is 5.69 Å². The van der Waals surface area contributed by atoms with E-state index in [1.165, 1.54) is 4.70 Å². The van der Waals surface area contributed by atoms with Crippen LogP contribution < -0.4 is 15.5 Å². The molecule has 7 nitrogen and oxygen atoms in total. The van der Waals surface area contributed by atoms with Crippen LogP contribution in [0.25, 0.3) is 21.5 Å². The molecule has 0 atom stereocenters. The molecule has 1 amide bonds. The first-order valence-corrected chi connectivity index (χ1v) is 10.7. The van der Waals surface area contributed by atoms with Gasteiger partial charge < -0.3 is 15.5 Å². The molecule has 2 N–H and O–H groups in total. The summed E-state index contributed by atoms with van der Waals surface area (Å²) in [6.45, 7) is 3.60. The van der Waals surface area contributed by atoms with E-state index in [1.807, 2.05) is 29.6 Å². The number of hydrogen-bond donors (Lipinski definition) is 2. The standard InChI is InChI=1S/C22H20N6OS/c29-22(27-18-13-24-7-6-19(18)28-11-9-23-10-12-28)17-5-8-25-21(26-17)16-14-30-20-4-2-1-3-15(16)20/h1-8,13-14,23H,9-12H2,(H,27,29). The van der Waals surface area contributed by atoms with Crippen LogP contribution >= 0.6 is 11.3 Å². The summed E-state index contributed by atoms with van der Waals surface area (Å²) in [4.78, 5) is 28.4. The molecule has 4 aromatic rings. The van der Waals surface area contributed by atoms with Crippen LogP contribution in [-0.2, 0) is 0 Å². The Kier molecular flexibility index (Phi) is 5.08. The number of anilines is 2. The number of thiophene rings is 1. The van der Waals surface area contributed by atoms with Gasteiger partial charge in [-0.25, -0.2) is 9.97 Å². The second kappa shape index (κ2) is 8.17. The highest BCUT2D eigenvalue weighted by Crippen LogP contribution is 2.32. The van der Waals surface area contributed by atoms with Gasteiger partial charge >= 0.3 is 0 Å². The molecule has 1 aliphatic heterocycles. The third-order valence-corrected chi connectivity index (χ3v) is 6.08. The van der Waals surface area contributed by atoms with E-state index in [0.29, 0.717) is 17.2 Å². The topological polar surface area (TPSA) is 83.0 Å². The Bertz CT molecular complexity index is 1200. The van der Waals surface area contributed by atoms with Crippen molar-refractivity contribution in [1.29, 1.82) is 0 Å². The number of amides is 1. The monoisotopic (exact) mass is 416 g/mol. The van der Waals surface area contributed by atoms with Gasteiger partial charge in [-0.2, -0.15) is 0 Å². The second-order valence-electron chi connectivity index (χ2n) is 7.00. The van der Waals surface area contributed by atoms with Crippen molar-refractivity contribution >= 4 is 38.7 Å². The van der Waals surface area contributed by atoms with Crippen LogP contribution in [0.4, 0.5) is 11.4 Å². The third kappa shape index (κ3) is 3.62. The first-order valence-electron chi connectivity index (χ1n) is 9.80. The molecule has 1 saturated heterocycles. The summed E-state index contributed by atoms with van der Waals surface area (Å²) in [6.07, 6.45) is 5.06. The Balaban J connectivity index is 1.42. The van der Waals surface area contributed by atoms with Gasteiger partial charge in [-0.05, 0) is 18.2 Å². The minimum atomic E-state index is -0.275. The largest absolute Gasteiger partial charge is 0.367 e. The van der Waals surface area contributed by atoms with Crippen molar-refractivity contribution in [3.63, 3.8) is 0 Å². The summed E-state index contributed by atoms with van der Waals surface area (Å²) in [6, 6.07) is 11.7. The Morgan fingerprint density at radius 1 is 1.10 bits per heavy atom. The summed E-state index contributed by atoms with van der Waals surface area (Å²) in [5.41, 5.74) is 2.92. The van der Waals surface area contributed by atoms with E-state index in [-0.39, 0.29) is 5.91 Å². The number of rotatable bonds is 4. The van der Waals surface area contributed by atoms with E-state index in [2.05, 4.69) is 36.6 Å². The van der Waals surface area contributed by atoms with Gasteiger partial charge in [-0.1, -0.05) is 18.2 Å². The summed E-state index contributed by atoms with van der Waals surface area (Å²) in [5.74, 6) is 0.274. The van der Waals surface area contributed by atoms with Crippen molar-refractivity contribution in [3.8, 4) is 11.4 Å². The van der Waals surface area contributed by atoms with E-state index in [1.54, 1.807) is 36.0 Å². The number of piperazine rings is 1. The van der Waals surface area contributed by atoms with Crippen LogP contribution in [0, 0.1) is 0 Å². The maximum absolute atomic E-state index is 13.0. The lowest BCUT2D eigenvalue weighted by Gasteiger charge is -2.30. The highest BCUT2D eigenvalue weighted by atomic mass is 32.1. The third-order valence-electron chi connectivity index (χ3n) is 5.11. The summed E-state index contributed by atoms with van der Waals surface area (Å²) in [7, 11) is 0. The van der Waals surface area contributed by atoms with E-state index >= 15 is 0 Å². The predicted molar refractivity (Wildman–Crippen MR) is 120 cm³/mol. The van der Waals surface area contributed by atoms with Gasteiger partial charge in [0.25, 0.3) is 5.91 Å². The molecule has 1 fully saturated rings. The summed E-state index contributed by atoms with van der Waals surface area (Å²) >= 11 is 1.64. The van der Waals surface area contributed by atoms with Crippen LogP contribution in [-0.4, -0.2) is 47.0 Å². The molecule has 3 aromatic heterocycles. The first kappa shape index (κ1) is 18.7. The minimum absolute atomic E-state index is 0.275. The maximum atomic E-state index is 13.0. The Labute approximate surface area is 177 Å². The second-order valence-corrected chi connectivity index (χ2v) is 7.91. The van der Waals surface area contributed by atoms with Crippen molar-refractivity contribution in [1.82, 2.24) is 20.3 Å². The zero-order chi connectivity index (χ0) is 20.3. The van der Waals surface area contributed by atoms with Gasteiger partial charge in [0.2, 0.25) is 0 Å². The molecule has 1 aromatic carbocycles. The fourth-order valence-corrected chi connectivity index (χ4v) is 4.56. The van der Waals surface area contributed by atoms with Crippen molar-refractivity contribution in [2.75, 3.05) is 36.4 Å². The molecule has 0 aliphatic carbocycles. The van der Waals surface area contributed by atoms with Crippen LogP contribution in [0.15, 0.2) is 60.4 Å². The number of fused-ring (bicyclic) bond motifs is 1. The minimum Gasteiger partial charge on any atom is -0.367 e. The summed E-state index contributed by atoms with van der Waals surface area (Å²) in [5, 5.41) is 9.45. The quantitative estimate of drug-likeness (QED) is 0.530. The molecule has 1 aliphatic rings.